The largest absolute Gasteiger partial charge is 0.466 e. The number of ether oxygens (including phenoxy) is 1. The maximum atomic E-state index is 11.5. The Balaban J connectivity index is 3.14. The second-order valence-corrected chi connectivity index (χ2v) is 3.89. The first kappa shape index (κ1) is 14.2. The Morgan fingerprint density at radius 3 is 2.56 bits per heavy atom. The highest BCUT2D eigenvalue weighted by molar-refractivity contribution is 5.74. The summed E-state index contributed by atoms with van der Waals surface area (Å²) in [6.07, 6.45) is 0.862. The number of carbonyl (C=O) groups is 1. The van der Waals surface area contributed by atoms with Crippen molar-refractivity contribution in [1.82, 2.24) is 0 Å². The van der Waals surface area contributed by atoms with Crippen LogP contribution in [-0.4, -0.2) is 12.6 Å². The lowest BCUT2D eigenvalue weighted by molar-refractivity contribution is -0.142. The van der Waals surface area contributed by atoms with Crippen molar-refractivity contribution in [3.8, 4) is 6.07 Å². The summed E-state index contributed by atoms with van der Waals surface area (Å²) in [6, 6.07) is 5.85. The Labute approximate surface area is 107 Å². The van der Waals surface area contributed by atoms with Crippen LogP contribution in [0, 0.1) is 11.3 Å². The molecule has 1 aromatic rings. The highest BCUT2D eigenvalue weighted by Crippen LogP contribution is 2.20. The molecule has 4 heteroatoms. The maximum absolute atomic E-state index is 11.5. The van der Waals surface area contributed by atoms with E-state index in [2.05, 4.69) is 6.07 Å². The lowest BCUT2D eigenvalue weighted by Gasteiger charge is -2.12. The molecule has 0 radical (unpaired) electrons. The summed E-state index contributed by atoms with van der Waals surface area (Å²) in [5, 5.41) is 9.25. The number of esters is 1. The van der Waals surface area contributed by atoms with Gasteiger partial charge in [-0.1, -0.05) is 19.1 Å². The Kier molecular flexibility index (Phi) is 5.34. The predicted molar refractivity (Wildman–Crippen MR) is 68.8 cm³/mol. The molecule has 0 spiro atoms. The molecule has 0 aromatic heterocycles. The van der Waals surface area contributed by atoms with Gasteiger partial charge in [0.2, 0.25) is 0 Å². The topological polar surface area (TPSA) is 76.1 Å². The van der Waals surface area contributed by atoms with Crippen LogP contribution in [0.3, 0.4) is 0 Å². The van der Waals surface area contributed by atoms with Gasteiger partial charge < -0.3 is 10.5 Å². The molecular formula is C14H18N2O2. The van der Waals surface area contributed by atoms with E-state index in [9.17, 15) is 10.1 Å². The van der Waals surface area contributed by atoms with Gasteiger partial charge in [0, 0.05) is 6.54 Å². The first-order valence-corrected chi connectivity index (χ1v) is 6.07. The van der Waals surface area contributed by atoms with Crippen molar-refractivity contribution in [1.29, 1.82) is 5.26 Å². The number of hydrogen-bond donors (Lipinski definition) is 1. The Bertz CT molecular complexity index is 475. The molecule has 0 heterocycles. The Hall–Kier alpha value is -1.86. The van der Waals surface area contributed by atoms with E-state index in [0.717, 1.165) is 17.5 Å². The van der Waals surface area contributed by atoms with Crippen molar-refractivity contribution in [3.05, 3.63) is 34.4 Å². The van der Waals surface area contributed by atoms with Gasteiger partial charge in [-0.25, -0.2) is 0 Å². The highest BCUT2D eigenvalue weighted by Gasteiger charge is 2.14. The van der Waals surface area contributed by atoms with E-state index in [0.29, 0.717) is 24.3 Å². The Morgan fingerprint density at radius 2 is 2.06 bits per heavy atom. The molecule has 0 aliphatic carbocycles. The minimum atomic E-state index is -0.309. The molecule has 0 unspecified atom stereocenters. The van der Waals surface area contributed by atoms with Crippen LogP contribution in [0.15, 0.2) is 12.1 Å². The third-order valence-corrected chi connectivity index (χ3v) is 2.82. The summed E-state index contributed by atoms with van der Waals surface area (Å²) in [7, 11) is 0. The number of nitrogens with two attached hydrogens (primary N) is 1. The van der Waals surface area contributed by atoms with Crippen LogP contribution in [-0.2, 0) is 28.9 Å². The number of nitrogens with zero attached hydrogens (tertiary/aromatic N) is 1. The fourth-order valence-corrected chi connectivity index (χ4v) is 1.99. The van der Waals surface area contributed by atoms with E-state index in [1.165, 1.54) is 0 Å². The zero-order valence-electron chi connectivity index (χ0n) is 10.8. The third-order valence-electron chi connectivity index (χ3n) is 2.82. The van der Waals surface area contributed by atoms with E-state index in [1.807, 2.05) is 13.0 Å². The van der Waals surface area contributed by atoms with Crippen molar-refractivity contribution in [2.45, 2.75) is 33.2 Å². The van der Waals surface area contributed by atoms with Crippen molar-refractivity contribution >= 4 is 5.97 Å². The lowest BCUT2D eigenvalue weighted by Crippen LogP contribution is -2.11. The molecule has 1 aromatic carbocycles. The van der Waals surface area contributed by atoms with Gasteiger partial charge in [0.15, 0.2) is 0 Å². The van der Waals surface area contributed by atoms with E-state index in [4.69, 9.17) is 10.5 Å². The second-order valence-electron chi connectivity index (χ2n) is 3.89. The molecule has 2 N–H and O–H groups in total. The van der Waals surface area contributed by atoms with Gasteiger partial charge >= 0.3 is 5.97 Å². The fourth-order valence-electron chi connectivity index (χ4n) is 1.99. The van der Waals surface area contributed by atoms with Crippen LogP contribution >= 0.6 is 0 Å². The molecule has 0 bridgehead atoms. The lowest BCUT2D eigenvalue weighted by atomic mass is 9.93. The van der Waals surface area contributed by atoms with Gasteiger partial charge in [0.25, 0.3) is 0 Å². The summed E-state index contributed by atoms with van der Waals surface area (Å²) in [6.45, 7) is 4.49. The Morgan fingerprint density at radius 1 is 1.39 bits per heavy atom. The van der Waals surface area contributed by atoms with Crippen molar-refractivity contribution in [2.75, 3.05) is 6.61 Å². The van der Waals surface area contributed by atoms with Gasteiger partial charge in [-0.15, -0.1) is 0 Å². The van der Waals surface area contributed by atoms with Crippen LogP contribution in [0.25, 0.3) is 0 Å². The molecule has 0 aliphatic rings. The average molecular weight is 246 g/mol. The summed E-state index contributed by atoms with van der Waals surface area (Å²) in [4.78, 5) is 11.5. The number of nitriles is 1. The minimum Gasteiger partial charge on any atom is -0.466 e. The number of benzene rings is 1. The monoisotopic (exact) mass is 246 g/mol. The van der Waals surface area contributed by atoms with Crippen LogP contribution in [0.2, 0.25) is 0 Å². The summed E-state index contributed by atoms with van der Waals surface area (Å²) in [5.41, 5.74) is 8.82. The van der Waals surface area contributed by atoms with E-state index >= 15 is 0 Å². The van der Waals surface area contributed by atoms with Gasteiger partial charge in [-0.3, -0.25) is 4.79 Å². The SMILES string of the molecule is CCOC(=O)Cc1ccc(CN)c(CC)c1C#N. The molecule has 1 rings (SSSR count). The normalized spacial score (nSPS) is 9.89. The van der Waals surface area contributed by atoms with E-state index in [-0.39, 0.29) is 12.4 Å². The number of hydrogen-bond acceptors (Lipinski definition) is 4. The molecule has 0 aliphatic heterocycles. The van der Waals surface area contributed by atoms with Crippen molar-refractivity contribution in [2.24, 2.45) is 5.73 Å². The van der Waals surface area contributed by atoms with Crippen molar-refractivity contribution in [3.63, 3.8) is 0 Å². The van der Waals surface area contributed by atoms with Crippen LogP contribution in [0.4, 0.5) is 0 Å². The quantitative estimate of drug-likeness (QED) is 0.802. The summed E-state index contributed by atoms with van der Waals surface area (Å²) in [5.74, 6) is -0.309. The minimum absolute atomic E-state index is 0.134. The van der Waals surface area contributed by atoms with Gasteiger partial charge in [0.1, 0.15) is 0 Å². The van der Waals surface area contributed by atoms with E-state index in [1.54, 1.807) is 13.0 Å². The zero-order valence-corrected chi connectivity index (χ0v) is 10.8. The standard InChI is InChI=1S/C14H18N2O2/c1-3-12-11(8-15)6-5-10(13(12)9-16)7-14(17)18-4-2/h5-6H,3-4,7-8,15H2,1-2H3. The van der Waals surface area contributed by atoms with E-state index < -0.39 is 0 Å². The highest BCUT2D eigenvalue weighted by atomic mass is 16.5. The number of rotatable bonds is 5. The maximum Gasteiger partial charge on any atom is 0.310 e. The smallest absolute Gasteiger partial charge is 0.310 e. The summed E-state index contributed by atoms with van der Waals surface area (Å²) < 4.78 is 4.90. The van der Waals surface area contributed by atoms with Crippen molar-refractivity contribution < 1.29 is 9.53 Å². The zero-order chi connectivity index (χ0) is 13.5. The van der Waals surface area contributed by atoms with Gasteiger partial charge in [-0.2, -0.15) is 5.26 Å². The predicted octanol–water partition coefficient (Wildman–Crippen LogP) is 1.68. The average Bonchev–Trinajstić information content (AvgIpc) is 2.38. The molecular weight excluding hydrogens is 228 g/mol. The third kappa shape index (κ3) is 3.08. The molecule has 0 saturated heterocycles. The first-order chi connectivity index (χ1) is 8.67. The molecule has 0 saturated carbocycles. The summed E-state index contributed by atoms with van der Waals surface area (Å²) >= 11 is 0. The molecule has 96 valence electrons. The van der Waals surface area contributed by atoms with Crippen LogP contribution in [0.5, 0.6) is 0 Å². The molecule has 0 amide bonds. The molecule has 18 heavy (non-hydrogen) atoms. The van der Waals surface area contributed by atoms with Gasteiger partial charge in [0.05, 0.1) is 24.7 Å². The van der Waals surface area contributed by atoms with Crippen LogP contribution in [0.1, 0.15) is 36.1 Å². The molecule has 0 atom stereocenters. The molecule has 0 fully saturated rings. The molecule has 4 nitrogen and oxygen atoms in total. The first-order valence-electron chi connectivity index (χ1n) is 6.07. The number of carbonyl (C=O) groups excluding carboxylic acids is 1. The van der Waals surface area contributed by atoms with Gasteiger partial charge in [-0.05, 0) is 30.0 Å². The fraction of sp³-hybridized carbons (Fsp3) is 0.429. The van der Waals surface area contributed by atoms with Crippen LogP contribution < -0.4 is 5.73 Å². The second kappa shape index (κ2) is 6.77.